The number of hydrogen-bond acceptors (Lipinski definition) is 4. The lowest BCUT2D eigenvalue weighted by Crippen LogP contribution is -2.35. The number of carbonyl (C=O) groups excluding carboxylic acids is 1. The van der Waals surface area contributed by atoms with Crippen LogP contribution < -0.4 is 10.6 Å². The van der Waals surface area contributed by atoms with Gasteiger partial charge in [-0.3, -0.25) is 14.9 Å². The maximum Gasteiger partial charge on any atom is 0.324 e. The number of nitrogens with one attached hydrogen (secondary N) is 2. The van der Waals surface area contributed by atoms with E-state index in [0.717, 1.165) is 32.5 Å². The first-order valence-electron chi connectivity index (χ1n) is 10.1. The van der Waals surface area contributed by atoms with Gasteiger partial charge in [-0.05, 0) is 31.9 Å². The Hall–Kier alpha value is -2.84. The normalized spacial score (nSPS) is 15.3. The Balaban J connectivity index is 1.34. The second-order valence-electron chi connectivity index (χ2n) is 7.61. The fourth-order valence-corrected chi connectivity index (χ4v) is 3.98. The zero-order valence-electron chi connectivity index (χ0n) is 17.2. The predicted octanol–water partition coefficient (Wildman–Crippen LogP) is 4.06. The summed E-state index contributed by atoms with van der Waals surface area (Å²) in [5.41, 5.74) is 3.05. The van der Waals surface area contributed by atoms with Crippen LogP contribution in [0.1, 0.15) is 30.1 Å². The predicted molar refractivity (Wildman–Crippen MR) is 118 cm³/mol. The van der Waals surface area contributed by atoms with Gasteiger partial charge in [0, 0.05) is 44.0 Å². The number of piperidine rings is 1. The van der Waals surface area contributed by atoms with E-state index in [1.165, 1.54) is 11.3 Å². The minimum Gasteiger partial charge on any atom is -0.306 e. The van der Waals surface area contributed by atoms with Crippen LogP contribution >= 0.6 is 11.6 Å². The molecule has 1 aliphatic rings. The lowest BCUT2D eigenvalue weighted by atomic mass is 10.0. The Labute approximate surface area is 180 Å². The third-order valence-corrected chi connectivity index (χ3v) is 6.00. The zero-order chi connectivity index (χ0) is 21.1. The van der Waals surface area contributed by atoms with Gasteiger partial charge in [0.05, 0.1) is 29.1 Å². The number of nitrogens with zero attached hydrogens (tertiary/aromatic N) is 5. The van der Waals surface area contributed by atoms with Crippen LogP contribution in [0.5, 0.6) is 0 Å². The number of aryl methyl sites for hydroxylation is 1. The van der Waals surface area contributed by atoms with Gasteiger partial charge in [0.25, 0.3) is 0 Å². The average molecular weight is 428 g/mol. The van der Waals surface area contributed by atoms with Crippen LogP contribution in [0.15, 0.2) is 42.7 Å². The highest BCUT2D eigenvalue weighted by Gasteiger charge is 2.24. The lowest BCUT2D eigenvalue weighted by Gasteiger charge is -2.32. The van der Waals surface area contributed by atoms with Crippen LogP contribution in [0.25, 0.3) is 0 Å². The number of anilines is 2. The van der Waals surface area contributed by atoms with E-state index in [-0.39, 0.29) is 12.1 Å². The molecule has 1 saturated heterocycles. The summed E-state index contributed by atoms with van der Waals surface area (Å²) in [6.07, 6.45) is 5.62. The largest absolute Gasteiger partial charge is 0.324 e. The van der Waals surface area contributed by atoms with Crippen molar-refractivity contribution in [1.82, 2.24) is 24.5 Å². The summed E-state index contributed by atoms with van der Waals surface area (Å²) >= 11 is 6.12. The molecule has 1 aromatic carbocycles. The number of halogens is 1. The highest BCUT2D eigenvalue weighted by Crippen LogP contribution is 2.27. The first kappa shape index (κ1) is 20.4. The number of likely N-dealkylation sites (tertiary alicyclic amines) is 1. The summed E-state index contributed by atoms with van der Waals surface area (Å²) in [5.74, 6) is 0.682. The summed E-state index contributed by atoms with van der Waals surface area (Å²) in [6.45, 7) is 4.97. The molecule has 30 heavy (non-hydrogen) atoms. The molecule has 9 heteroatoms. The third-order valence-electron chi connectivity index (χ3n) is 5.67. The molecule has 2 amide bonds. The molecule has 0 aliphatic carbocycles. The first-order valence-corrected chi connectivity index (χ1v) is 10.4. The van der Waals surface area contributed by atoms with Gasteiger partial charge in [-0.25, -0.2) is 9.48 Å². The van der Waals surface area contributed by atoms with E-state index in [1.807, 2.05) is 40.8 Å². The molecular formula is C21H26ClN7O. The molecule has 3 heterocycles. The lowest BCUT2D eigenvalue weighted by molar-refractivity contribution is 0.174. The van der Waals surface area contributed by atoms with Crippen molar-refractivity contribution in [3.8, 4) is 0 Å². The summed E-state index contributed by atoms with van der Waals surface area (Å²) in [7, 11) is 1.97. The molecule has 0 spiro atoms. The van der Waals surface area contributed by atoms with E-state index in [9.17, 15) is 4.79 Å². The quantitative estimate of drug-likeness (QED) is 0.643. The van der Waals surface area contributed by atoms with Crippen molar-refractivity contribution in [3.05, 3.63) is 59.0 Å². The second kappa shape index (κ2) is 8.89. The fourth-order valence-electron chi connectivity index (χ4n) is 3.80. The van der Waals surface area contributed by atoms with Crippen molar-refractivity contribution in [1.29, 1.82) is 0 Å². The van der Waals surface area contributed by atoms with Gasteiger partial charge in [0.1, 0.15) is 5.82 Å². The van der Waals surface area contributed by atoms with Gasteiger partial charge in [-0.15, -0.1) is 0 Å². The summed E-state index contributed by atoms with van der Waals surface area (Å²) in [6, 6.07) is 8.88. The Bertz CT molecular complexity index is 1020. The van der Waals surface area contributed by atoms with Gasteiger partial charge in [-0.1, -0.05) is 23.7 Å². The van der Waals surface area contributed by atoms with Crippen molar-refractivity contribution in [2.24, 2.45) is 7.05 Å². The first-order chi connectivity index (χ1) is 14.5. The van der Waals surface area contributed by atoms with E-state index < -0.39 is 0 Å². The van der Waals surface area contributed by atoms with Crippen molar-refractivity contribution in [2.45, 2.75) is 32.4 Å². The number of carbonyl (C=O) groups is 1. The van der Waals surface area contributed by atoms with Crippen LogP contribution in [0, 0.1) is 6.92 Å². The van der Waals surface area contributed by atoms with Crippen molar-refractivity contribution in [2.75, 3.05) is 23.7 Å². The average Bonchev–Trinajstić information content (AvgIpc) is 3.32. The summed E-state index contributed by atoms with van der Waals surface area (Å²) in [5, 5.41) is 15.0. The molecule has 0 radical (unpaired) electrons. The number of aromatic nitrogens is 4. The van der Waals surface area contributed by atoms with Gasteiger partial charge in [-0.2, -0.15) is 10.2 Å². The number of rotatable bonds is 5. The van der Waals surface area contributed by atoms with Crippen LogP contribution in [0.2, 0.25) is 5.02 Å². The molecule has 0 bridgehead atoms. The molecule has 1 aliphatic heterocycles. The Morgan fingerprint density at radius 2 is 1.93 bits per heavy atom. The number of para-hydroxylation sites is 1. The second-order valence-corrected chi connectivity index (χ2v) is 8.01. The molecule has 8 nitrogen and oxygen atoms in total. The van der Waals surface area contributed by atoms with Crippen LogP contribution in [-0.2, 0) is 13.6 Å². The maximum absolute atomic E-state index is 12.4. The molecule has 2 N–H and O–H groups in total. The highest BCUT2D eigenvalue weighted by molar-refractivity contribution is 6.33. The maximum atomic E-state index is 12.4. The van der Waals surface area contributed by atoms with E-state index in [2.05, 4.69) is 32.7 Å². The minimum atomic E-state index is -0.339. The Morgan fingerprint density at radius 1 is 1.17 bits per heavy atom. The van der Waals surface area contributed by atoms with Gasteiger partial charge < -0.3 is 5.32 Å². The molecule has 158 valence electrons. The molecular weight excluding hydrogens is 402 g/mol. The number of hydrogen-bond donors (Lipinski definition) is 2. The highest BCUT2D eigenvalue weighted by atomic mass is 35.5. The molecule has 4 rings (SSSR count). The van der Waals surface area contributed by atoms with E-state index >= 15 is 0 Å². The zero-order valence-corrected chi connectivity index (χ0v) is 17.9. The molecule has 0 saturated carbocycles. The van der Waals surface area contributed by atoms with Crippen LogP contribution in [-0.4, -0.2) is 43.6 Å². The standard InChI is InChI=1S/C21H26ClN7O/c1-15-16(13-24-27(15)2)14-28-11-8-17(9-12-28)29-20(7-10-23-29)26-21(30)25-19-6-4-3-5-18(19)22/h3-7,10,13,17H,8-9,11-12,14H2,1-2H3,(H2,25,26,30). The van der Waals surface area contributed by atoms with E-state index in [0.29, 0.717) is 16.5 Å². The van der Waals surface area contributed by atoms with Crippen molar-refractivity contribution in [3.63, 3.8) is 0 Å². The minimum absolute atomic E-state index is 0.252. The molecule has 1 fully saturated rings. The smallest absolute Gasteiger partial charge is 0.306 e. The van der Waals surface area contributed by atoms with Crippen LogP contribution in [0.3, 0.4) is 0 Å². The van der Waals surface area contributed by atoms with Gasteiger partial charge in [0.15, 0.2) is 0 Å². The van der Waals surface area contributed by atoms with E-state index in [1.54, 1.807) is 18.3 Å². The Kier molecular flexibility index (Phi) is 6.06. The molecule has 2 aromatic heterocycles. The van der Waals surface area contributed by atoms with Gasteiger partial charge >= 0.3 is 6.03 Å². The summed E-state index contributed by atoms with van der Waals surface area (Å²) in [4.78, 5) is 14.9. The van der Waals surface area contributed by atoms with E-state index in [4.69, 9.17) is 11.6 Å². The van der Waals surface area contributed by atoms with Crippen molar-refractivity contribution < 1.29 is 4.79 Å². The Morgan fingerprint density at radius 3 is 2.63 bits per heavy atom. The van der Waals surface area contributed by atoms with Crippen LogP contribution in [0.4, 0.5) is 16.3 Å². The van der Waals surface area contributed by atoms with Crippen molar-refractivity contribution >= 4 is 29.1 Å². The summed E-state index contributed by atoms with van der Waals surface area (Å²) < 4.78 is 3.83. The fraction of sp³-hybridized carbons (Fsp3) is 0.381. The topological polar surface area (TPSA) is 80.0 Å². The monoisotopic (exact) mass is 427 g/mol. The molecule has 3 aromatic rings. The number of urea groups is 1. The number of benzene rings is 1. The molecule has 0 unspecified atom stereocenters. The third kappa shape index (κ3) is 4.49. The van der Waals surface area contributed by atoms with Gasteiger partial charge in [0.2, 0.25) is 0 Å². The number of amides is 2. The molecule has 0 atom stereocenters. The SMILES string of the molecule is Cc1c(CN2CCC(n3nccc3NC(=O)Nc3ccccc3Cl)CC2)cnn1C.